The van der Waals surface area contributed by atoms with Gasteiger partial charge in [0.25, 0.3) is 0 Å². The number of rotatable bonds is 1. The summed E-state index contributed by atoms with van der Waals surface area (Å²) in [6.45, 7) is 4.36. The Hall–Kier alpha value is -0.0800. The van der Waals surface area contributed by atoms with E-state index in [4.69, 9.17) is 9.84 Å². The maximum absolute atomic E-state index is 8.83. The van der Waals surface area contributed by atoms with Crippen molar-refractivity contribution in [3.8, 4) is 0 Å². The van der Waals surface area contributed by atoms with Crippen molar-refractivity contribution in [1.82, 2.24) is 0 Å². The van der Waals surface area contributed by atoms with Crippen molar-refractivity contribution in [2.75, 3.05) is 6.61 Å². The first-order chi connectivity index (χ1) is 3.15. The van der Waals surface area contributed by atoms with Crippen molar-refractivity contribution in [2.24, 2.45) is 0 Å². The van der Waals surface area contributed by atoms with E-state index in [0.717, 1.165) is 0 Å². The van der Waals surface area contributed by atoms with E-state index >= 15 is 0 Å². The van der Waals surface area contributed by atoms with E-state index < -0.39 is 0 Å². The van der Waals surface area contributed by atoms with Gasteiger partial charge in [-0.2, -0.15) is 0 Å². The minimum Gasteiger partial charge on any atom is -0.390 e. The molecular formula is C5H10O2. The first-order valence-corrected chi connectivity index (χ1v) is 2.47. The summed E-state index contributed by atoms with van der Waals surface area (Å²) in [5.41, 5.74) is -0.194. The number of hydrogen-bond acceptors (Lipinski definition) is 2. The highest BCUT2D eigenvalue weighted by molar-refractivity contribution is 4.91. The molecule has 0 radical (unpaired) electrons. The summed E-state index contributed by atoms with van der Waals surface area (Å²) < 4.78 is 4.91. The van der Waals surface area contributed by atoms with Gasteiger partial charge in [0.1, 0.15) is 5.60 Å². The average Bonchev–Trinajstić information content (AvgIpc) is 2.21. The van der Waals surface area contributed by atoms with Crippen molar-refractivity contribution in [3.05, 3.63) is 0 Å². The van der Waals surface area contributed by atoms with Gasteiger partial charge in [-0.25, -0.2) is 0 Å². The van der Waals surface area contributed by atoms with Gasteiger partial charge >= 0.3 is 0 Å². The first kappa shape index (κ1) is 5.06. The average molecular weight is 102 g/mol. The molecule has 0 unspecified atom stereocenters. The van der Waals surface area contributed by atoms with Crippen LogP contribution in [-0.2, 0) is 4.74 Å². The molecule has 0 amide bonds. The second-order valence-electron chi connectivity index (χ2n) is 2.28. The van der Waals surface area contributed by atoms with Gasteiger partial charge in [-0.3, -0.25) is 0 Å². The summed E-state index contributed by atoms with van der Waals surface area (Å²) in [6.07, 6.45) is -0.313. The van der Waals surface area contributed by atoms with Crippen LogP contribution in [-0.4, -0.2) is 23.4 Å². The number of aliphatic hydroxyl groups is 1. The van der Waals surface area contributed by atoms with E-state index in [2.05, 4.69) is 0 Å². The van der Waals surface area contributed by atoms with Gasteiger partial charge in [0, 0.05) is 0 Å². The van der Waals surface area contributed by atoms with E-state index in [-0.39, 0.29) is 11.7 Å². The van der Waals surface area contributed by atoms with Crippen LogP contribution >= 0.6 is 0 Å². The van der Waals surface area contributed by atoms with Gasteiger partial charge in [-0.05, 0) is 13.8 Å². The second-order valence-corrected chi connectivity index (χ2v) is 2.28. The summed E-state index contributed by atoms with van der Waals surface area (Å²) in [5.74, 6) is 0. The van der Waals surface area contributed by atoms with Gasteiger partial charge in [-0.1, -0.05) is 0 Å². The molecule has 2 atom stereocenters. The molecular weight excluding hydrogens is 92.1 g/mol. The zero-order chi connectivity index (χ0) is 5.49. The Morgan fingerprint density at radius 2 is 2.29 bits per heavy atom. The van der Waals surface area contributed by atoms with Crippen molar-refractivity contribution < 1.29 is 9.84 Å². The molecule has 2 nitrogen and oxygen atoms in total. The first-order valence-electron chi connectivity index (χ1n) is 2.47. The fraction of sp³-hybridized carbons (Fsp3) is 1.00. The molecule has 0 aromatic heterocycles. The van der Waals surface area contributed by atoms with E-state index in [1.54, 1.807) is 6.92 Å². The lowest BCUT2D eigenvalue weighted by molar-refractivity contribution is 0.101. The van der Waals surface area contributed by atoms with Crippen LogP contribution in [0.3, 0.4) is 0 Å². The van der Waals surface area contributed by atoms with Crippen LogP contribution in [0.15, 0.2) is 0 Å². The standard InChI is InChI=1S/C5H10O2/c1-4(6)5(2)3-7-5/h4,6H,3H2,1-2H3/t4-,5-/m1/s1. The third-order valence-corrected chi connectivity index (χ3v) is 1.48. The molecule has 0 saturated carbocycles. The largest absolute Gasteiger partial charge is 0.390 e. The third-order valence-electron chi connectivity index (χ3n) is 1.48. The molecule has 0 spiro atoms. The van der Waals surface area contributed by atoms with Gasteiger partial charge < -0.3 is 9.84 Å². The molecule has 0 bridgehead atoms. The van der Waals surface area contributed by atoms with Crippen molar-refractivity contribution in [3.63, 3.8) is 0 Å². The summed E-state index contributed by atoms with van der Waals surface area (Å²) in [6, 6.07) is 0. The highest BCUT2D eigenvalue weighted by atomic mass is 16.6. The van der Waals surface area contributed by atoms with Gasteiger partial charge in [0.15, 0.2) is 0 Å². The quantitative estimate of drug-likeness (QED) is 0.478. The smallest absolute Gasteiger partial charge is 0.114 e. The molecule has 0 aromatic carbocycles. The Morgan fingerprint density at radius 1 is 1.86 bits per heavy atom. The highest BCUT2D eigenvalue weighted by Gasteiger charge is 2.43. The minimum absolute atomic E-state index is 0.194. The summed E-state index contributed by atoms with van der Waals surface area (Å²) >= 11 is 0. The fourth-order valence-electron chi connectivity index (χ4n) is 0.355. The Kier molecular flexibility index (Phi) is 0.869. The zero-order valence-electron chi connectivity index (χ0n) is 4.64. The Bertz CT molecular complexity index is 74.1. The molecule has 0 aliphatic carbocycles. The fourth-order valence-corrected chi connectivity index (χ4v) is 0.355. The third kappa shape index (κ3) is 0.763. The van der Waals surface area contributed by atoms with Crippen LogP contribution in [0.5, 0.6) is 0 Å². The molecule has 1 aliphatic heterocycles. The lowest BCUT2D eigenvalue weighted by Gasteiger charge is -2.05. The molecule has 0 aromatic rings. The number of aliphatic hydroxyl groups excluding tert-OH is 1. The monoisotopic (exact) mass is 102 g/mol. The summed E-state index contributed by atoms with van der Waals surface area (Å²) in [4.78, 5) is 0. The number of epoxide rings is 1. The molecule has 1 fully saturated rings. The minimum atomic E-state index is -0.313. The number of hydrogen-bond donors (Lipinski definition) is 1. The predicted molar refractivity (Wildman–Crippen MR) is 26.0 cm³/mol. The Morgan fingerprint density at radius 3 is 2.29 bits per heavy atom. The van der Waals surface area contributed by atoms with Crippen LogP contribution in [0, 0.1) is 0 Å². The SMILES string of the molecule is C[C@@H](O)[C@@]1(C)CO1. The topological polar surface area (TPSA) is 32.8 Å². The van der Waals surface area contributed by atoms with Crippen LogP contribution in [0.2, 0.25) is 0 Å². The van der Waals surface area contributed by atoms with E-state index in [1.807, 2.05) is 6.92 Å². The number of ether oxygens (including phenoxy) is 1. The van der Waals surface area contributed by atoms with Crippen LogP contribution in [0.4, 0.5) is 0 Å². The second kappa shape index (κ2) is 1.20. The van der Waals surface area contributed by atoms with Crippen molar-refractivity contribution in [2.45, 2.75) is 25.6 Å². The molecule has 42 valence electrons. The van der Waals surface area contributed by atoms with Crippen molar-refractivity contribution >= 4 is 0 Å². The van der Waals surface area contributed by atoms with E-state index in [9.17, 15) is 0 Å². The van der Waals surface area contributed by atoms with E-state index in [1.165, 1.54) is 0 Å². The van der Waals surface area contributed by atoms with Crippen molar-refractivity contribution in [1.29, 1.82) is 0 Å². The molecule has 1 N–H and O–H groups in total. The van der Waals surface area contributed by atoms with Gasteiger partial charge in [0.2, 0.25) is 0 Å². The Labute approximate surface area is 43.1 Å². The van der Waals surface area contributed by atoms with Crippen LogP contribution < -0.4 is 0 Å². The molecule has 2 heteroatoms. The molecule has 1 saturated heterocycles. The summed E-state index contributed by atoms with van der Waals surface area (Å²) in [7, 11) is 0. The van der Waals surface area contributed by atoms with Gasteiger partial charge in [-0.15, -0.1) is 0 Å². The van der Waals surface area contributed by atoms with Crippen LogP contribution in [0.1, 0.15) is 13.8 Å². The lowest BCUT2D eigenvalue weighted by Crippen LogP contribution is -2.21. The molecule has 1 heterocycles. The predicted octanol–water partition coefficient (Wildman–Crippen LogP) is 0.156. The maximum atomic E-state index is 8.83. The Balaban J connectivity index is 2.39. The molecule has 1 rings (SSSR count). The highest BCUT2D eigenvalue weighted by Crippen LogP contribution is 2.29. The summed E-state index contributed by atoms with van der Waals surface area (Å²) in [5, 5.41) is 8.83. The maximum Gasteiger partial charge on any atom is 0.114 e. The zero-order valence-corrected chi connectivity index (χ0v) is 4.64. The molecule has 7 heavy (non-hydrogen) atoms. The normalized spacial score (nSPS) is 43.3. The van der Waals surface area contributed by atoms with Gasteiger partial charge in [0.05, 0.1) is 12.7 Å². The van der Waals surface area contributed by atoms with Crippen LogP contribution in [0.25, 0.3) is 0 Å². The lowest BCUT2D eigenvalue weighted by atomic mass is 10.1. The van der Waals surface area contributed by atoms with E-state index in [0.29, 0.717) is 6.61 Å². The molecule has 1 aliphatic rings.